The van der Waals surface area contributed by atoms with Crippen molar-refractivity contribution in [2.45, 2.75) is 6.92 Å². The minimum absolute atomic E-state index is 0.475. The second kappa shape index (κ2) is 4.54. The van der Waals surface area contributed by atoms with Crippen molar-refractivity contribution in [3.63, 3.8) is 0 Å². The van der Waals surface area contributed by atoms with Crippen LogP contribution >= 0.6 is 22.9 Å². The first-order chi connectivity index (χ1) is 4.22. The lowest BCUT2D eigenvalue weighted by molar-refractivity contribution is -0.137. The molecule has 2 amide bonds. The Morgan fingerprint density at radius 3 is 2.33 bits per heavy atom. The molecule has 0 saturated heterocycles. The van der Waals surface area contributed by atoms with E-state index in [1.54, 1.807) is 29.8 Å². The molecular weight excluding hydrogens is 235 g/mol. The number of hydrogen-bond donors (Lipinski definition) is 2. The molecule has 0 bridgehead atoms. The lowest BCUT2D eigenvalue weighted by atomic mass is 10.5. The summed E-state index contributed by atoms with van der Waals surface area (Å²) in [7, 11) is 0. The van der Waals surface area contributed by atoms with Gasteiger partial charge in [0.2, 0.25) is 0 Å². The van der Waals surface area contributed by atoms with Crippen molar-refractivity contribution in [2.24, 2.45) is 0 Å². The minimum atomic E-state index is -0.613. The maximum atomic E-state index is 10.4. The third-order valence-electron chi connectivity index (χ3n) is 0.629. The number of amides is 2. The van der Waals surface area contributed by atoms with E-state index in [0.717, 1.165) is 0 Å². The Morgan fingerprint density at radius 1 is 1.44 bits per heavy atom. The molecule has 2 N–H and O–H groups in total. The van der Waals surface area contributed by atoms with Gasteiger partial charge in [-0.15, -0.1) is 0 Å². The zero-order chi connectivity index (χ0) is 7.28. The minimum Gasteiger partial charge on any atom is -0.348 e. The Balaban J connectivity index is 3.60. The molecule has 0 unspecified atom stereocenters. The Hall–Kier alpha value is -0.330. The number of rotatable bonds is 1. The van der Waals surface area contributed by atoms with Crippen LogP contribution in [0.4, 0.5) is 0 Å². The first-order valence-corrected chi connectivity index (χ1v) is 3.49. The summed E-state index contributed by atoms with van der Waals surface area (Å²) in [5.41, 5.74) is 0. The van der Waals surface area contributed by atoms with Gasteiger partial charge in [0.05, 0.1) is 22.9 Å². The summed E-state index contributed by atoms with van der Waals surface area (Å²) in [5.74, 6) is -1.20. The molecule has 0 heterocycles. The van der Waals surface area contributed by atoms with Crippen LogP contribution in [0.3, 0.4) is 0 Å². The first-order valence-electron chi connectivity index (χ1n) is 2.41. The van der Waals surface area contributed by atoms with Crippen LogP contribution in [0, 0.1) is 0 Å². The molecule has 0 fully saturated rings. The Morgan fingerprint density at radius 2 is 2.00 bits per heavy atom. The third-order valence-corrected chi connectivity index (χ3v) is 1.12. The zero-order valence-electron chi connectivity index (χ0n) is 4.90. The van der Waals surface area contributed by atoms with Crippen molar-refractivity contribution in [1.29, 1.82) is 0 Å². The molecular formula is C4H7IN2O2. The monoisotopic (exact) mass is 242 g/mol. The maximum absolute atomic E-state index is 10.4. The summed E-state index contributed by atoms with van der Waals surface area (Å²) in [6.07, 6.45) is 0. The van der Waals surface area contributed by atoms with Crippen molar-refractivity contribution in [2.75, 3.05) is 6.54 Å². The molecule has 5 heteroatoms. The summed E-state index contributed by atoms with van der Waals surface area (Å²) >= 11 is 1.61. The topological polar surface area (TPSA) is 58.2 Å². The molecule has 0 aromatic rings. The van der Waals surface area contributed by atoms with Crippen molar-refractivity contribution in [3.05, 3.63) is 0 Å². The van der Waals surface area contributed by atoms with E-state index in [0.29, 0.717) is 6.54 Å². The molecule has 0 radical (unpaired) electrons. The highest BCUT2D eigenvalue weighted by Gasteiger charge is 2.08. The number of likely N-dealkylation sites (N-methyl/N-ethyl adjacent to an activating group) is 1. The van der Waals surface area contributed by atoms with Gasteiger partial charge in [-0.3, -0.25) is 13.1 Å². The van der Waals surface area contributed by atoms with Crippen molar-refractivity contribution < 1.29 is 9.59 Å². The lowest BCUT2D eigenvalue weighted by Gasteiger charge is -1.96. The number of nitrogens with one attached hydrogen (secondary N) is 2. The number of carbonyl (C=O) groups excluding carboxylic acids is 2. The highest BCUT2D eigenvalue weighted by molar-refractivity contribution is 14.1. The van der Waals surface area contributed by atoms with E-state index in [1.165, 1.54) is 0 Å². The number of hydrogen-bond acceptors (Lipinski definition) is 2. The molecule has 0 aromatic carbocycles. The Labute approximate surface area is 66.9 Å². The second-order valence-corrected chi connectivity index (χ2v) is 1.82. The van der Waals surface area contributed by atoms with Crippen LogP contribution in [-0.2, 0) is 9.59 Å². The average Bonchev–Trinajstić information content (AvgIpc) is 1.87. The van der Waals surface area contributed by atoms with Gasteiger partial charge in [0, 0.05) is 6.54 Å². The Kier molecular flexibility index (Phi) is 4.37. The van der Waals surface area contributed by atoms with Crippen LogP contribution in [-0.4, -0.2) is 18.4 Å². The predicted octanol–water partition coefficient (Wildman–Crippen LogP) is -0.411. The van der Waals surface area contributed by atoms with Crippen molar-refractivity contribution in [1.82, 2.24) is 8.85 Å². The highest BCUT2D eigenvalue weighted by atomic mass is 127. The van der Waals surface area contributed by atoms with Crippen LogP contribution in [0.25, 0.3) is 0 Å². The molecule has 0 spiro atoms. The number of halogens is 1. The second-order valence-electron chi connectivity index (χ2n) is 1.28. The SMILES string of the molecule is CCNC(=O)C(=O)NI. The predicted molar refractivity (Wildman–Crippen MR) is 40.8 cm³/mol. The average molecular weight is 242 g/mol. The smallest absolute Gasteiger partial charge is 0.317 e. The lowest BCUT2D eigenvalue weighted by Crippen LogP contribution is -2.35. The molecule has 0 aromatic heterocycles. The fourth-order valence-electron chi connectivity index (χ4n) is 0.284. The standard InChI is InChI=1S/C4H7IN2O2/c1-2-6-3(8)4(9)7-5/h2H2,1H3,(H,6,8)(H,7,9). The Bertz CT molecular complexity index is 126. The van der Waals surface area contributed by atoms with Crippen LogP contribution in [0.2, 0.25) is 0 Å². The van der Waals surface area contributed by atoms with Crippen LogP contribution in [0.1, 0.15) is 6.92 Å². The van der Waals surface area contributed by atoms with E-state index in [-0.39, 0.29) is 0 Å². The van der Waals surface area contributed by atoms with E-state index in [2.05, 4.69) is 8.85 Å². The molecule has 0 aliphatic heterocycles. The molecule has 0 rings (SSSR count). The van der Waals surface area contributed by atoms with Gasteiger partial charge >= 0.3 is 11.8 Å². The van der Waals surface area contributed by atoms with Crippen LogP contribution < -0.4 is 8.85 Å². The third kappa shape index (κ3) is 3.28. The summed E-state index contributed by atoms with van der Waals surface area (Å²) in [6, 6.07) is 0. The molecule has 52 valence electrons. The van der Waals surface area contributed by atoms with E-state index in [9.17, 15) is 9.59 Å². The fraction of sp³-hybridized carbons (Fsp3) is 0.500. The van der Waals surface area contributed by atoms with Gasteiger partial charge < -0.3 is 5.32 Å². The summed E-state index contributed by atoms with van der Waals surface area (Å²) in [4.78, 5) is 20.8. The van der Waals surface area contributed by atoms with E-state index in [4.69, 9.17) is 0 Å². The van der Waals surface area contributed by atoms with Crippen molar-refractivity contribution in [3.8, 4) is 0 Å². The van der Waals surface area contributed by atoms with Crippen LogP contribution in [0.5, 0.6) is 0 Å². The maximum Gasteiger partial charge on any atom is 0.317 e. The van der Waals surface area contributed by atoms with Gasteiger partial charge in [-0.05, 0) is 6.92 Å². The normalized spacial score (nSPS) is 8.22. The molecule has 9 heavy (non-hydrogen) atoms. The van der Waals surface area contributed by atoms with Gasteiger partial charge in [0.1, 0.15) is 0 Å². The highest BCUT2D eigenvalue weighted by Crippen LogP contribution is 1.72. The van der Waals surface area contributed by atoms with Crippen molar-refractivity contribution >= 4 is 34.7 Å². The van der Waals surface area contributed by atoms with E-state index >= 15 is 0 Å². The molecule has 4 nitrogen and oxygen atoms in total. The summed E-state index contributed by atoms with van der Waals surface area (Å²) in [6.45, 7) is 2.22. The first kappa shape index (κ1) is 8.67. The van der Waals surface area contributed by atoms with E-state index < -0.39 is 11.8 Å². The molecule has 0 aliphatic carbocycles. The fourth-order valence-corrected chi connectivity index (χ4v) is 0.529. The van der Waals surface area contributed by atoms with Crippen LogP contribution in [0.15, 0.2) is 0 Å². The van der Waals surface area contributed by atoms with E-state index in [1.807, 2.05) is 0 Å². The number of carbonyl (C=O) groups is 2. The zero-order valence-corrected chi connectivity index (χ0v) is 7.06. The van der Waals surface area contributed by atoms with Gasteiger partial charge in [-0.25, -0.2) is 0 Å². The molecule has 0 atom stereocenters. The summed E-state index contributed by atoms with van der Waals surface area (Å²) in [5, 5.41) is 2.34. The molecule has 0 aliphatic rings. The largest absolute Gasteiger partial charge is 0.348 e. The van der Waals surface area contributed by atoms with Gasteiger partial charge in [-0.1, -0.05) is 0 Å². The van der Waals surface area contributed by atoms with Gasteiger partial charge in [0.25, 0.3) is 0 Å². The van der Waals surface area contributed by atoms with Gasteiger partial charge in [-0.2, -0.15) is 0 Å². The summed E-state index contributed by atoms with van der Waals surface area (Å²) < 4.78 is 2.17. The molecule has 0 saturated carbocycles. The van der Waals surface area contributed by atoms with Gasteiger partial charge in [0.15, 0.2) is 0 Å². The quantitative estimate of drug-likeness (QED) is 0.373.